The number of nitrogens with zero attached hydrogens (tertiary/aromatic N) is 2. The molecule has 118 valence electrons. The van der Waals surface area contributed by atoms with Gasteiger partial charge in [-0.2, -0.15) is 0 Å². The summed E-state index contributed by atoms with van der Waals surface area (Å²) in [5.74, 6) is -2.08. The Kier molecular flexibility index (Phi) is 3.69. The third-order valence-corrected chi connectivity index (χ3v) is 3.81. The highest BCUT2D eigenvalue weighted by molar-refractivity contribution is 6.01. The Balaban J connectivity index is 2.14. The Morgan fingerprint density at radius 1 is 1.35 bits per heavy atom. The van der Waals surface area contributed by atoms with E-state index >= 15 is 0 Å². The average molecular weight is 315 g/mol. The first-order valence-electron chi connectivity index (χ1n) is 7.07. The normalized spacial score (nSPS) is 14.3. The highest BCUT2D eigenvalue weighted by atomic mass is 19.1. The second-order valence-electron chi connectivity index (χ2n) is 5.24. The molecule has 1 aromatic heterocycles. The van der Waals surface area contributed by atoms with Gasteiger partial charge in [0.1, 0.15) is 11.6 Å². The third-order valence-electron chi connectivity index (χ3n) is 3.81. The fourth-order valence-electron chi connectivity index (χ4n) is 2.73. The lowest BCUT2D eigenvalue weighted by Gasteiger charge is -2.20. The van der Waals surface area contributed by atoms with Gasteiger partial charge in [-0.05, 0) is 30.2 Å². The second kappa shape index (κ2) is 5.68. The lowest BCUT2D eigenvalue weighted by molar-refractivity contribution is -0.117. The number of pyridine rings is 1. The Hall–Kier alpha value is -2.96. The van der Waals surface area contributed by atoms with Crippen LogP contribution in [0.15, 0.2) is 30.5 Å². The molecule has 0 atom stereocenters. The van der Waals surface area contributed by atoms with Gasteiger partial charge in [0.25, 0.3) is 0 Å². The van der Waals surface area contributed by atoms with Crippen molar-refractivity contribution in [1.29, 1.82) is 0 Å². The molecule has 1 aliphatic heterocycles. The fourth-order valence-corrected chi connectivity index (χ4v) is 2.73. The van der Waals surface area contributed by atoms with Crippen molar-refractivity contribution in [3.05, 3.63) is 41.8 Å². The van der Waals surface area contributed by atoms with Gasteiger partial charge in [0.2, 0.25) is 5.91 Å². The molecule has 1 aliphatic rings. The van der Waals surface area contributed by atoms with Gasteiger partial charge in [0.05, 0.1) is 11.3 Å². The van der Waals surface area contributed by atoms with Gasteiger partial charge >= 0.3 is 5.97 Å². The molecule has 2 aromatic rings. The molecule has 0 bridgehead atoms. The van der Waals surface area contributed by atoms with Crippen LogP contribution in [0.25, 0.3) is 11.1 Å². The molecule has 2 heterocycles. The number of rotatable bonds is 3. The summed E-state index contributed by atoms with van der Waals surface area (Å²) in [5.41, 5.74) is 6.87. The van der Waals surface area contributed by atoms with Crippen LogP contribution in [0.4, 0.5) is 15.9 Å². The lowest BCUT2D eigenvalue weighted by atomic mass is 10.0. The number of nitrogens with two attached hydrogens (primary N) is 1. The number of carboxylic acid groups (broad SMARTS) is 1. The molecule has 23 heavy (non-hydrogen) atoms. The van der Waals surface area contributed by atoms with Crippen molar-refractivity contribution in [2.24, 2.45) is 0 Å². The maximum Gasteiger partial charge on any atom is 0.338 e. The number of carbonyl (C=O) groups excluding carboxylic acids is 1. The van der Waals surface area contributed by atoms with Crippen LogP contribution >= 0.6 is 0 Å². The molecular weight excluding hydrogens is 301 g/mol. The Bertz CT molecular complexity index is 807. The van der Waals surface area contributed by atoms with E-state index in [-0.39, 0.29) is 11.7 Å². The molecule has 1 fully saturated rings. The van der Waals surface area contributed by atoms with Gasteiger partial charge in [0.15, 0.2) is 0 Å². The minimum atomic E-state index is -1.34. The second-order valence-corrected chi connectivity index (χ2v) is 5.24. The van der Waals surface area contributed by atoms with E-state index in [4.69, 9.17) is 10.8 Å². The van der Waals surface area contributed by atoms with Gasteiger partial charge < -0.3 is 15.7 Å². The fraction of sp³-hybridized carbons (Fsp3) is 0.188. The summed E-state index contributed by atoms with van der Waals surface area (Å²) in [6, 6.07) is 5.39. The predicted molar refractivity (Wildman–Crippen MR) is 82.6 cm³/mol. The van der Waals surface area contributed by atoms with Gasteiger partial charge in [0, 0.05) is 24.7 Å². The van der Waals surface area contributed by atoms with E-state index in [1.165, 1.54) is 18.3 Å². The summed E-state index contributed by atoms with van der Waals surface area (Å²) in [4.78, 5) is 28.5. The number of amides is 1. The number of hydrogen-bond acceptors (Lipinski definition) is 4. The standard InChI is InChI=1S/C16H14FN3O3/c17-11-8-9(3-4-10(11)16(22)23)14-12(5-6-19-15(14)18)20-7-1-2-13(20)21/h3-6,8H,1-2,7H2,(H2,18,19)(H,22,23). The quantitative estimate of drug-likeness (QED) is 0.906. The van der Waals surface area contributed by atoms with Crippen molar-refractivity contribution in [3.8, 4) is 11.1 Å². The minimum Gasteiger partial charge on any atom is -0.478 e. The highest BCUT2D eigenvalue weighted by Gasteiger charge is 2.26. The summed E-state index contributed by atoms with van der Waals surface area (Å²) >= 11 is 0. The number of halogens is 1. The van der Waals surface area contributed by atoms with E-state index in [9.17, 15) is 14.0 Å². The van der Waals surface area contributed by atoms with Crippen LogP contribution in [-0.2, 0) is 4.79 Å². The zero-order valence-electron chi connectivity index (χ0n) is 12.1. The number of benzene rings is 1. The molecule has 0 unspecified atom stereocenters. The zero-order valence-corrected chi connectivity index (χ0v) is 12.1. The average Bonchev–Trinajstić information content (AvgIpc) is 2.92. The molecular formula is C16H14FN3O3. The Morgan fingerprint density at radius 2 is 2.13 bits per heavy atom. The van der Waals surface area contributed by atoms with E-state index in [2.05, 4.69) is 4.98 Å². The van der Waals surface area contributed by atoms with Gasteiger partial charge in [-0.3, -0.25) is 4.79 Å². The summed E-state index contributed by atoms with van der Waals surface area (Å²) in [6.07, 6.45) is 2.68. The predicted octanol–water partition coefficient (Wildman–Crippen LogP) is 2.29. The van der Waals surface area contributed by atoms with Crippen LogP contribution in [0, 0.1) is 5.82 Å². The van der Waals surface area contributed by atoms with E-state index < -0.39 is 17.3 Å². The molecule has 0 aliphatic carbocycles. The largest absolute Gasteiger partial charge is 0.478 e. The van der Waals surface area contributed by atoms with E-state index in [0.717, 1.165) is 12.5 Å². The van der Waals surface area contributed by atoms with Crippen molar-refractivity contribution in [3.63, 3.8) is 0 Å². The molecule has 3 N–H and O–H groups in total. The minimum absolute atomic E-state index is 0.0283. The number of nitrogen functional groups attached to an aromatic ring is 1. The molecule has 0 radical (unpaired) electrons. The first-order chi connectivity index (χ1) is 11.0. The van der Waals surface area contributed by atoms with Crippen LogP contribution in [0.1, 0.15) is 23.2 Å². The maximum atomic E-state index is 14.0. The van der Waals surface area contributed by atoms with E-state index in [1.807, 2.05) is 0 Å². The number of anilines is 2. The number of carboxylic acids is 1. The first-order valence-corrected chi connectivity index (χ1v) is 7.07. The summed E-state index contributed by atoms with van der Waals surface area (Å²) in [6.45, 7) is 0.560. The molecule has 0 saturated carbocycles. The Morgan fingerprint density at radius 3 is 2.74 bits per heavy atom. The van der Waals surface area contributed by atoms with Crippen molar-refractivity contribution < 1.29 is 19.1 Å². The zero-order chi connectivity index (χ0) is 16.6. The lowest BCUT2D eigenvalue weighted by Crippen LogP contribution is -2.24. The van der Waals surface area contributed by atoms with Crippen molar-refractivity contribution in [1.82, 2.24) is 4.98 Å². The van der Waals surface area contributed by atoms with Crippen LogP contribution in [0.3, 0.4) is 0 Å². The van der Waals surface area contributed by atoms with E-state index in [1.54, 1.807) is 11.0 Å². The molecule has 0 spiro atoms. The van der Waals surface area contributed by atoms with Gasteiger partial charge in [-0.1, -0.05) is 6.07 Å². The Labute approximate surface area is 131 Å². The van der Waals surface area contributed by atoms with Crippen LogP contribution in [-0.4, -0.2) is 28.5 Å². The van der Waals surface area contributed by atoms with Crippen molar-refractivity contribution in [2.45, 2.75) is 12.8 Å². The van der Waals surface area contributed by atoms with Crippen molar-refractivity contribution in [2.75, 3.05) is 17.2 Å². The summed E-state index contributed by atoms with van der Waals surface area (Å²) in [5, 5.41) is 8.91. The summed E-state index contributed by atoms with van der Waals surface area (Å²) < 4.78 is 14.0. The number of hydrogen-bond donors (Lipinski definition) is 2. The smallest absolute Gasteiger partial charge is 0.338 e. The number of carbonyl (C=O) groups is 2. The molecule has 3 rings (SSSR count). The highest BCUT2D eigenvalue weighted by Crippen LogP contribution is 2.37. The molecule has 1 amide bonds. The first kappa shape index (κ1) is 15.0. The van der Waals surface area contributed by atoms with Crippen LogP contribution in [0.2, 0.25) is 0 Å². The molecule has 6 nitrogen and oxygen atoms in total. The van der Waals surface area contributed by atoms with Gasteiger partial charge in [-0.25, -0.2) is 14.2 Å². The van der Waals surface area contributed by atoms with Crippen LogP contribution in [0.5, 0.6) is 0 Å². The summed E-state index contributed by atoms with van der Waals surface area (Å²) in [7, 11) is 0. The monoisotopic (exact) mass is 315 g/mol. The third kappa shape index (κ3) is 2.61. The molecule has 1 aromatic carbocycles. The molecule has 1 saturated heterocycles. The molecule has 7 heteroatoms. The SMILES string of the molecule is Nc1nccc(N2CCCC2=O)c1-c1ccc(C(=O)O)c(F)c1. The van der Waals surface area contributed by atoms with Gasteiger partial charge in [-0.15, -0.1) is 0 Å². The van der Waals surface area contributed by atoms with Crippen LogP contribution < -0.4 is 10.6 Å². The van der Waals surface area contributed by atoms with Crippen molar-refractivity contribution >= 4 is 23.4 Å². The number of aromatic nitrogens is 1. The van der Waals surface area contributed by atoms with E-state index in [0.29, 0.717) is 29.8 Å². The number of aromatic carboxylic acids is 1. The maximum absolute atomic E-state index is 14.0. The topological polar surface area (TPSA) is 96.5 Å².